The van der Waals surface area contributed by atoms with Gasteiger partial charge < -0.3 is 5.73 Å². The maximum atomic E-state index is 5.90. The Bertz CT molecular complexity index is 348. The van der Waals surface area contributed by atoms with Gasteiger partial charge in [0.1, 0.15) is 0 Å². The first-order valence-corrected chi connectivity index (χ1v) is 7.34. The average molecular weight is 256 g/mol. The number of halogens is 1. The molecule has 1 saturated carbocycles. The number of nitrogens with two attached hydrogens (primary N) is 1. The Kier molecular flexibility index (Phi) is 4.42. The van der Waals surface area contributed by atoms with E-state index in [1.807, 2.05) is 12.1 Å². The van der Waals surface area contributed by atoms with Gasteiger partial charge in [0.05, 0.1) is 10.7 Å². The highest BCUT2D eigenvalue weighted by Gasteiger charge is 2.13. The summed E-state index contributed by atoms with van der Waals surface area (Å²) in [6.07, 6.45) is 6.99. The molecule has 0 saturated heterocycles. The maximum absolute atomic E-state index is 5.90. The first kappa shape index (κ1) is 12.1. The Hall–Kier alpha value is -0.340. The van der Waals surface area contributed by atoms with Crippen LogP contribution in [0.1, 0.15) is 37.7 Å². The predicted octanol–water partition coefficient (Wildman–Crippen LogP) is 4.49. The second kappa shape index (κ2) is 5.83. The van der Waals surface area contributed by atoms with E-state index in [2.05, 4.69) is 17.8 Å². The fourth-order valence-corrected chi connectivity index (χ4v) is 3.52. The quantitative estimate of drug-likeness (QED) is 0.806. The fourth-order valence-electron chi connectivity index (χ4n) is 2.13. The summed E-state index contributed by atoms with van der Waals surface area (Å²) in [5.41, 5.74) is 7.78. The van der Waals surface area contributed by atoms with Crippen molar-refractivity contribution in [2.24, 2.45) is 0 Å². The highest BCUT2D eigenvalue weighted by atomic mass is 35.5. The van der Waals surface area contributed by atoms with Gasteiger partial charge in [-0.05, 0) is 30.5 Å². The van der Waals surface area contributed by atoms with E-state index in [0.29, 0.717) is 10.7 Å². The third-order valence-corrected chi connectivity index (χ3v) is 4.89. The molecule has 0 unspecified atom stereocenters. The summed E-state index contributed by atoms with van der Waals surface area (Å²) in [6.45, 7) is 0. The summed E-state index contributed by atoms with van der Waals surface area (Å²) < 4.78 is 0. The molecule has 2 rings (SSSR count). The highest BCUT2D eigenvalue weighted by molar-refractivity contribution is 7.99. The zero-order valence-electron chi connectivity index (χ0n) is 9.42. The summed E-state index contributed by atoms with van der Waals surface area (Å²) in [7, 11) is 0. The van der Waals surface area contributed by atoms with Gasteiger partial charge >= 0.3 is 0 Å². The van der Waals surface area contributed by atoms with Crippen molar-refractivity contribution in [1.82, 2.24) is 0 Å². The number of hydrogen-bond acceptors (Lipinski definition) is 2. The van der Waals surface area contributed by atoms with Crippen LogP contribution in [0.4, 0.5) is 5.69 Å². The molecule has 0 heterocycles. The van der Waals surface area contributed by atoms with Crippen LogP contribution in [0, 0.1) is 0 Å². The molecule has 0 aliphatic heterocycles. The second-order valence-electron chi connectivity index (χ2n) is 4.43. The van der Waals surface area contributed by atoms with E-state index in [1.165, 1.54) is 37.7 Å². The molecule has 3 heteroatoms. The van der Waals surface area contributed by atoms with Crippen molar-refractivity contribution in [3.05, 3.63) is 28.8 Å². The van der Waals surface area contributed by atoms with Gasteiger partial charge in [0, 0.05) is 11.0 Å². The van der Waals surface area contributed by atoms with Gasteiger partial charge in [-0.3, -0.25) is 0 Å². The Balaban J connectivity index is 1.86. The highest BCUT2D eigenvalue weighted by Crippen LogP contribution is 2.31. The van der Waals surface area contributed by atoms with E-state index in [4.69, 9.17) is 17.3 Å². The molecule has 0 aromatic heterocycles. The molecule has 16 heavy (non-hydrogen) atoms. The standard InChI is InChI=1S/C13H18ClNS/c14-12-7-6-10(8-13(12)15)9-16-11-4-2-1-3-5-11/h6-8,11H,1-5,9,15H2. The zero-order valence-corrected chi connectivity index (χ0v) is 11.0. The number of nitrogen functional groups attached to an aromatic ring is 1. The molecule has 2 N–H and O–H groups in total. The average Bonchev–Trinajstić information content (AvgIpc) is 2.32. The Labute approximate surface area is 107 Å². The molecule has 1 nitrogen and oxygen atoms in total. The Morgan fingerprint density at radius 2 is 2.00 bits per heavy atom. The van der Waals surface area contributed by atoms with Crippen LogP contribution in [-0.2, 0) is 5.75 Å². The minimum absolute atomic E-state index is 0.659. The van der Waals surface area contributed by atoms with Gasteiger partial charge in [-0.25, -0.2) is 0 Å². The van der Waals surface area contributed by atoms with E-state index < -0.39 is 0 Å². The van der Waals surface area contributed by atoms with Crippen molar-refractivity contribution >= 4 is 29.1 Å². The van der Waals surface area contributed by atoms with E-state index in [-0.39, 0.29) is 0 Å². The molecule has 1 fully saturated rings. The maximum Gasteiger partial charge on any atom is 0.0635 e. The molecule has 1 aromatic rings. The smallest absolute Gasteiger partial charge is 0.0635 e. The third-order valence-electron chi connectivity index (χ3n) is 3.10. The van der Waals surface area contributed by atoms with Crippen molar-refractivity contribution in [2.45, 2.75) is 43.1 Å². The van der Waals surface area contributed by atoms with Crippen LogP contribution >= 0.6 is 23.4 Å². The van der Waals surface area contributed by atoms with Gasteiger partial charge in [0.25, 0.3) is 0 Å². The lowest BCUT2D eigenvalue weighted by Crippen LogP contribution is -2.08. The summed E-state index contributed by atoms with van der Waals surface area (Å²) >= 11 is 7.96. The van der Waals surface area contributed by atoms with Crippen molar-refractivity contribution in [2.75, 3.05) is 5.73 Å². The molecular formula is C13H18ClNS. The molecular weight excluding hydrogens is 238 g/mol. The van der Waals surface area contributed by atoms with Crippen LogP contribution in [0.3, 0.4) is 0 Å². The van der Waals surface area contributed by atoms with Crippen LogP contribution in [0.25, 0.3) is 0 Å². The number of benzene rings is 1. The SMILES string of the molecule is Nc1cc(CSC2CCCCC2)ccc1Cl. The predicted molar refractivity (Wildman–Crippen MR) is 74.0 cm³/mol. The molecule has 1 aliphatic rings. The van der Waals surface area contributed by atoms with Crippen molar-refractivity contribution in [3.63, 3.8) is 0 Å². The summed E-state index contributed by atoms with van der Waals surface area (Å²) in [5.74, 6) is 1.06. The minimum Gasteiger partial charge on any atom is -0.398 e. The number of rotatable bonds is 3. The first-order valence-electron chi connectivity index (χ1n) is 5.91. The molecule has 0 bridgehead atoms. The lowest BCUT2D eigenvalue weighted by Gasteiger charge is -2.20. The van der Waals surface area contributed by atoms with Gasteiger partial charge in [0.2, 0.25) is 0 Å². The monoisotopic (exact) mass is 255 g/mol. The van der Waals surface area contributed by atoms with Crippen LogP contribution < -0.4 is 5.73 Å². The van der Waals surface area contributed by atoms with E-state index in [0.717, 1.165) is 11.0 Å². The van der Waals surface area contributed by atoms with E-state index >= 15 is 0 Å². The van der Waals surface area contributed by atoms with Gasteiger partial charge in [-0.15, -0.1) is 0 Å². The van der Waals surface area contributed by atoms with Gasteiger partial charge in [-0.1, -0.05) is 36.9 Å². The topological polar surface area (TPSA) is 26.0 Å². The fraction of sp³-hybridized carbons (Fsp3) is 0.538. The number of hydrogen-bond donors (Lipinski definition) is 1. The van der Waals surface area contributed by atoms with Gasteiger partial charge in [-0.2, -0.15) is 11.8 Å². The zero-order chi connectivity index (χ0) is 11.4. The second-order valence-corrected chi connectivity index (χ2v) is 6.12. The Morgan fingerprint density at radius 3 is 2.69 bits per heavy atom. The van der Waals surface area contributed by atoms with E-state index in [9.17, 15) is 0 Å². The molecule has 1 aromatic carbocycles. The van der Waals surface area contributed by atoms with Gasteiger partial charge in [0.15, 0.2) is 0 Å². The minimum atomic E-state index is 0.659. The number of thioether (sulfide) groups is 1. The molecule has 88 valence electrons. The van der Waals surface area contributed by atoms with Crippen LogP contribution in [-0.4, -0.2) is 5.25 Å². The van der Waals surface area contributed by atoms with E-state index in [1.54, 1.807) is 0 Å². The van der Waals surface area contributed by atoms with Crippen molar-refractivity contribution in [3.8, 4) is 0 Å². The lowest BCUT2D eigenvalue weighted by molar-refractivity contribution is 0.516. The molecule has 0 radical (unpaired) electrons. The number of anilines is 1. The van der Waals surface area contributed by atoms with Crippen molar-refractivity contribution in [1.29, 1.82) is 0 Å². The molecule has 1 aliphatic carbocycles. The first-order chi connectivity index (χ1) is 7.75. The lowest BCUT2D eigenvalue weighted by atomic mass is 10.0. The van der Waals surface area contributed by atoms with Crippen LogP contribution in [0.15, 0.2) is 18.2 Å². The largest absolute Gasteiger partial charge is 0.398 e. The Morgan fingerprint density at radius 1 is 1.25 bits per heavy atom. The molecule has 0 amide bonds. The molecule has 0 atom stereocenters. The van der Waals surface area contributed by atoms with Crippen LogP contribution in [0.2, 0.25) is 5.02 Å². The summed E-state index contributed by atoms with van der Waals surface area (Å²) in [5, 5.41) is 1.51. The summed E-state index contributed by atoms with van der Waals surface area (Å²) in [4.78, 5) is 0. The third kappa shape index (κ3) is 3.33. The normalized spacial score (nSPS) is 17.6. The van der Waals surface area contributed by atoms with Crippen molar-refractivity contribution < 1.29 is 0 Å². The summed E-state index contributed by atoms with van der Waals surface area (Å²) in [6, 6.07) is 5.97. The van der Waals surface area contributed by atoms with Crippen LogP contribution in [0.5, 0.6) is 0 Å². The molecule has 0 spiro atoms.